The van der Waals surface area contributed by atoms with Crippen molar-refractivity contribution in [1.82, 2.24) is 0 Å². The predicted molar refractivity (Wildman–Crippen MR) is 63.4 cm³/mol. The maximum atomic E-state index is 11.7. The molecule has 7 heteroatoms. The molecule has 0 radical (unpaired) electrons. The molecule has 0 aromatic heterocycles. The molecule has 0 aliphatic rings. The van der Waals surface area contributed by atoms with Crippen LogP contribution in [0.3, 0.4) is 0 Å². The topological polar surface area (TPSA) is 61.5 Å². The van der Waals surface area contributed by atoms with Gasteiger partial charge in [0.25, 0.3) is 0 Å². The molecular weight excluding hydrogens is 268 g/mol. The van der Waals surface area contributed by atoms with Gasteiger partial charge in [0.2, 0.25) is 0 Å². The van der Waals surface area contributed by atoms with E-state index >= 15 is 0 Å². The van der Waals surface area contributed by atoms with E-state index in [2.05, 4.69) is 4.74 Å². The molecule has 2 N–H and O–H groups in total. The molecule has 4 nitrogen and oxygen atoms in total. The van der Waals surface area contributed by atoms with E-state index in [0.717, 1.165) is 5.56 Å². The Kier molecular flexibility index (Phi) is 8.19. The van der Waals surface area contributed by atoms with Crippen LogP contribution in [-0.4, -0.2) is 25.2 Å². The van der Waals surface area contributed by atoms with Gasteiger partial charge < -0.3 is 15.2 Å². The van der Waals surface area contributed by atoms with Crippen molar-refractivity contribution in [3.8, 4) is 0 Å². The second kappa shape index (κ2) is 8.79. The third-order valence-corrected chi connectivity index (χ3v) is 1.93. The Morgan fingerprint density at radius 1 is 1.28 bits per heavy atom. The molecule has 0 fully saturated rings. The Labute approximate surface area is 109 Å². The molecule has 0 saturated carbocycles. The first kappa shape index (κ1) is 16.8. The van der Waals surface area contributed by atoms with Crippen molar-refractivity contribution >= 4 is 18.4 Å². The molecule has 1 aromatic rings. The van der Waals surface area contributed by atoms with Crippen LogP contribution in [0.2, 0.25) is 0 Å². The summed E-state index contributed by atoms with van der Waals surface area (Å²) < 4.78 is 32.1. The molecule has 0 saturated heterocycles. The molecule has 102 valence electrons. The zero-order chi connectivity index (χ0) is 12.7. The number of carbonyl (C=O) groups is 1. The summed E-state index contributed by atoms with van der Waals surface area (Å²) in [7, 11) is 0. The van der Waals surface area contributed by atoms with Crippen LogP contribution in [0.1, 0.15) is 5.56 Å². The molecule has 0 amide bonds. The Morgan fingerprint density at radius 2 is 1.89 bits per heavy atom. The van der Waals surface area contributed by atoms with E-state index in [1.807, 2.05) is 6.07 Å². The Morgan fingerprint density at radius 3 is 2.44 bits per heavy atom. The zero-order valence-corrected chi connectivity index (χ0v) is 10.2. The number of halogens is 3. The minimum absolute atomic E-state index is 0. The van der Waals surface area contributed by atoms with Crippen molar-refractivity contribution in [2.45, 2.75) is 19.3 Å². The molecule has 1 unspecified atom stereocenters. The largest absolute Gasteiger partial charge is 0.460 e. The van der Waals surface area contributed by atoms with Gasteiger partial charge in [0, 0.05) is 0 Å². The average molecular weight is 282 g/mol. The summed E-state index contributed by atoms with van der Waals surface area (Å²) >= 11 is 0. The first-order chi connectivity index (χ1) is 8.09. The van der Waals surface area contributed by atoms with Crippen molar-refractivity contribution in [2.24, 2.45) is 5.73 Å². The summed E-state index contributed by atoms with van der Waals surface area (Å²) in [5.41, 5.74) is 6.09. The van der Waals surface area contributed by atoms with Gasteiger partial charge in [-0.05, 0) is 5.56 Å². The quantitative estimate of drug-likeness (QED) is 0.807. The van der Waals surface area contributed by atoms with E-state index in [1.54, 1.807) is 24.3 Å². The van der Waals surface area contributed by atoms with Gasteiger partial charge in [-0.1, -0.05) is 30.3 Å². The molecule has 0 heterocycles. The second-order valence-corrected chi connectivity index (χ2v) is 3.29. The van der Waals surface area contributed by atoms with Crippen LogP contribution in [0, 0.1) is 0 Å². The van der Waals surface area contributed by atoms with Gasteiger partial charge in [-0.3, -0.25) is 4.79 Å². The van der Waals surface area contributed by atoms with Crippen LogP contribution in [0.15, 0.2) is 30.3 Å². The second-order valence-electron chi connectivity index (χ2n) is 3.29. The smallest absolute Gasteiger partial charge is 0.345 e. The lowest BCUT2D eigenvalue weighted by molar-refractivity contribution is -0.157. The number of esters is 1. The minimum atomic E-state index is -2.94. The lowest BCUT2D eigenvalue weighted by Gasteiger charge is -2.11. The summed E-state index contributed by atoms with van der Waals surface area (Å²) in [6.45, 7) is -3.45. The molecule has 18 heavy (non-hydrogen) atoms. The van der Waals surface area contributed by atoms with Crippen LogP contribution in [-0.2, 0) is 20.9 Å². The fraction of sp³-hybridized carbons (Fsp3) is 0.364. The summed E-state index contributed by atoms with van der Waals surface area (Å²) in [5.74, 6) is -0.769. The molecule has 1 aromatic carbocycles. The summed E-state index contributed by atoms with van der Waals surface area (Å²) in [6, 6.07) is 7.76. The molecule has 0 aliphatic carbocycles. The van der Waals surface area contributed by atoms with E-state index in [4.69, 9.17) is 10.5 Å². The fourth-order valence-electron chi connectivity index (χ4n) is 1.08. The highest BCUT2D eigenvalue weighted by Crippen LogP contribution is 2.02. The maximum Gasteiger partial charge on any atom is 0.345 e. The molecule has 1 rings (SSSR count). The lowest BCUT2D eigenvalue weighted by atomic mass is 10.2. The number of rotatable bonds is 6. The SMILES string of the molecule is Cl.NC(COC(F)F)C(=O)OCc1ccccc1. The monoisotopic (exact) mass is 281 g/mol. The zero-order valence-electron chi connectivity index (χ0n) is 9.42. The van der Waals surface area contributed by atoms with Gasteiger partial charge in [0.1, 0.15) is 12.6 Å². The Hall–Kier alpha value is -1.24. The Bertz CT molecular complexity index is 351. The van der Waals surface area contributed by atoms with E-state index in [0.29, 0.717) is 0 Å². The van der Waals surface area contributed by atoms with Crippen LogP contribution in [0.5, 0.6) is 0 Å². The van der Waals surface area contributed by atoms with Gasteiger partial charge in [-0.15, -0.1) is 12.4 Å². The lowest BCUT2D eigenvalue weighted by Crippen LogP contribution is -2.37. The molecule has 0 spiro atoms. The third kappa shape index (κ3) is 6.48. The average Bonchev–Trinajstić information content (AvgIpc) is 2.34. The standard InChI is InChI=1S/C11H13F2NO3.ClH/c12-11(13)17-7-9(14)10(15)16-6-8-4-2-1-3-5-8;/h1-5,9,11H,6-7,14H2;1H. The van der Waals surface area contributed by atoms with Crippen molar-refractivity contribution in [2.75, 3.05) is 6.61 Å². The van der Waals surface area contributed by atoms with E-state index in [-0.39, 0.29) is 19.0 Å². The number of alkyl halides is 2. The number of ether oxygens (including phenoxy) is 2. The van der Waals surface area contributed by atoms with Crippen LogP contribution >= 0.6 is 12.4 Å². The van der Waals surface area contributed by atoms with Gasteiger partial charge >= 0.3 is 12.6 Å². The normalized spacial score (nSPS) is 11.8. The molecule has 0 aliphatic heterocycles. The van der Waals surface area contributed by atoms with Crippen molar-refractivity contribution in [3.05, 3.63) is 35.9 Å². The summed E-state index contributed by atoms with van der Waals surface area (Å²) in [5, 5.41) is 0. The van der Waals surface area contributed by atoms with E-state index in [1.165, 1.54) is 0 Å². The van der Waals surface area contributed by atoms with Crippen LogP contribution < -0.4 is 5.73 Å². The highest BCUT2D eigenvalue weighted by atomic mass is 35.5. The summed E-state index contributed by atoms with van der Waals surface area (Å²) in [6.07, 6.45) is 0. The molecule has 1 atom stereocenters. The number of hydrogen-bond acceptors (Lipinski definition) is 4. The van der Waals surface area contributed by atoms with Gasteiger partial charge in [0.15, 0.2) is 0 Å². The first-order valence-electron chi connectivity index (χ1n) is 4.95. The number of nitrogens with two attached hydrogens (primary N) is 1. The number of benzene rings is 1. The predicted octanol–water partition coefficient (Wildman–Crippen LogP) is 1.72. The Balaban J connectivity index is 0.00000289. The van der Waals surface area contributed by atoms with Crippen molar-refractivity contribution in [1.29, 1.82) is 0 Å². The van der Waals surface area contributed by atoms with Crippen molar-refractivity contribution < 1.29 is 23.0 Å². The molecular formula is C11H14ClF2NO3. The maximum absolute atomic E-state index is 11.7. The third-order valence-electron chi connectivity index (χ3n) is 1.93. The van der Waals surface area contributed by atoms with Crippen LogP contribution in [0.25, 0.3) is 0 Å². The highest BCUT2D eigenvalue weighted by Gasteiger charge is 2.17. The minimum Gasteiger partial charge on any atom is -0.460 e. The van der Waals surface area contributed by atoms with Gasteiger partial charge in [-0.25, -0.2) is 0 Å². The van der Waals surface area contributed by atoms with Crippen molar-refractivity contribution in [3.63, 3.8) is 0 Å². The van der Waals surface area contributed by atoms with Crippen LogP contribution in [0.4, 0.5) is 8.78 Å². The summed E-state index contributed by atoms with van der Waals surface area (Å²) in [4.78, 5) is 11.3. The number of hydrogen-bond donors (Lipinski definition) is 1. The first-order valence-corrected chi connectivity index (χ1v) is 4.95. The molecule has 0 bridgehead atoms. The fourth-order valence-corrected chi connectivity index (χ4v) is 1.08. The van der Waals surface area contributed by atoms with Gasteiger partial charge in [-0.2, -0.15) is 8.78 Å². The number of carbonyl (C=O) groups excluding carboxylic acids is 1. The van der Waals surface area contributed by atoms with E-state index in [9.17, 15) is 13.6 Å². The van der Waals surface area contributed by atoms with E-state index < -0.39 is 25.2 Å². The highest BCUT2D eigenvalue weighted by molar-refractivity contribution is 5.85. The van der Waals surface area contributed by atoms with Gasteiger partial charge in [0.05, 0.1) is 6.61 Å².